The zero-order valence-corrected chi connectivity index (χ0v) is 10.8. The van der Waals surface area contributed by atoms with Crippen LogP contribution in [-0.4, -0.2) is 17.2 Å². The average molecular weight is 326 g/mol. The molecule has 0 spiro atoms. The number of esters is 1. The van der Waals surface area contributed by atoms with Crippen molar-refractivity contribution in [2.75, 3.05) is 0 Å². The molecule has 14 heavy (non-hydrogen) atoms. The van der Waals surface area contributed by atoms with E-state index in [1.807, 2.05) is 6.92 Å². The van der Waals surface area contributed by atoms with Crippen LogP contribution in [0.15, 0.2) is 20.8 Å². The molecule has 0 fully saturated rings. The first-order valence-corrected chi connectivity index (χ1v) is 5.82. The summed E-state index contributed by atoms with van der Waals surface area (Å²) in [4.78, 5) is 11.3. The zero-order chi connectivity index (χ0) is 10.7. The number of halogens is 2. The molecular formula is C9H10Br2O3. The minimum atomic E-state index is -0.732. The van der Waals surface area contributed by atoms with Crippen LogP contribution in [-0.2, 0) is 9.53 Å². The monoisotopic (exact) mass is 324 g/mol. The minimum absolute atomic E-state index is 0.318. The predicted molar refractivity (Wildman–Crippen MR) is 60.0 cm³/mol. The highest BCUT2D eigenvalue weighted by Crippen LogP contribution is 2.29. The third-order valence-electron chi connectivity index (χ3n) is 1.83. The van der Waals surface area contributed by atoms with Crippen LogP contribution in [0.2, 0.25) is 0 Å². The molecule has 0 radical (unpaired) electrons. The van der Waals surface area contributed by atoms with Gasteiger partial charge in [0, 0.05) is 0 Å². The molecule has 0 amide bonds. The number of ether oxygens (including phenoxy) is 1. The van der Waals surface area contributed by atoms with E-state index in [1.165, 1.54) is 0 Å². The number of hydrogen-bond acceptors (Lipinski definition) is 3. The van der Waals surface area contributed by atoms with E-state index in [9.17, 15) is 9.90 Å². The number of aliphatic hydroxyl groups excluding tert-OH is 1. The van der Waals surface area contributed by atoms with Crippen LogP contribution in [0.25, 0.3) is 0 Å². The Morgan fingerprint density at radius 2 is 2.29 bits per heavy atom. The zero-order valence-electron chi connectivity index (χ0n) is 7.59. The van der Waals surface area contributed by atoms with Gasteiger partial charge in [0.15, 0.2) is 5.76 Å². The van der Waals surface area contributed by atoms with Crippen molar-refractivity contribution in [3.05, 3.63) is 20.8 Å². The first kappa shape index (κ1) is 11.9. The second-order valence-electron chi connectivity index (χ2n) is 2.92. The topological polar surface area (TPSA) is 46.5 Å². The molecule has 1 unspecified atom stereocenters. The Morgan fingerprint density at radius 3 is 2.71 bits per heavy atom. The van der Waals surface area contributed by atoms with Gasteiger partial charge >= 0.3 is 5.97 Å². The van der Waals surface area contributed by atoms with Gasteiger partial charge in [-0.2, -0.15) is 0 Å². The summed E-state index contributed by atoms with van der Waals surface area (Å²) in [5.41, 5.74) is 0.318. The third-order valence-corrected chi connectivity index (χ3v) is 2.61. The third kappa shape index (κ3) is 2.68. The molecule has 1 heterocycles. The fourth-order valence-electron chi connectivity index (χ4n) is 1.14. The molecule has 1 aliphatic rings. The fraction of sp³-hybridized carbons (Fsp3) is 0.444. The van der Waals surface area contributed by atoms with Crippen LogP contribution in [0.5, 0.6) is 0 Å². The number of rotatable bonds is 3. The lowest BCUT2D eigenvalue weighted by molar-refractivity contribution is -0.134. The average Bonchev–Trinajstić information content (AvgIpc) is 2.48. The van der Waals surface area contributed by atoms with Crippen molar-refractivity contribution in [1.29, 1.82) is 0 Å². The fourth-order valence-corrected chi connectivity index (χ4v) is 1.53. The largest absolute Gasteiger partial charge is 0.421 e. The van der Waals surface area contributed by atoms with Crippen molar-refractivity contribution < 1.29 is 14.6 Å². The number of allylic oxidation sites excluding steroid dienone is 1. The second-order valence-corrected chi connectivity index (χ2v) is 5.57. The van der Waals surface area contributed by atoms with Crippen LogP contribution in [0.1, 0.15) is 19.8 Å². The molecule has 0 saturated carbocycles. The summed E-state index contributed by atoms with van der Waals surface area (Å²) in [6.45, 7) is 1.95. The molecule has 0 aromatic heterocycles. The highest BCUT2D eigenvalue weighted by Gasteiger charge is 2.27. The van der Waals surface area contributed by atoms with Gasteiger partial charge in [0.25, 0.3) is 0 Å². The lowest BCUT2D eigenvalue weighted by Crippen LogP contribution is -2.15. The summed E-state index contributed by atoms with van der Waals surface area (Å²) >= 11 is 6.27. The van der Waals surface area contributed by atoms with Crippen LogP contribution >= 0.6 is 31.9 Å². The molecule has 0 saturated heterocycles. The molecule has 0 aromatic rings. The van der Waals surface area contributed by atoms with Crippen LogP contribution in [0.3, 0.4) is 0 Å². The number of aliphatic hydroxyl groups is 1. The maximum Gasteiger partial charge on any atom is 0.342 e. The normalized spacial score (nSPS) is 17.9. The summed E-state index contributed by atoms with van der Waals surface area (Å²) < 4.78 is 5.46. The van der Waals surface area contributed by atoms with Crippen molar-refractivity contribution in [2.45, 2.75) is 25.9 Å². The molecule has 78 valence electrons. The highest BCUT2D eigenvalue weighted by molar-refractivity contribution is 9.28. The van der Waals surface area contributed by atoms with E-state index < -0.39 is 12.1 Å². The van der Waals surface area contributed by atoms with Crippen molar-refractivity contribution in [3.8, 4) is 0 Å². The Bertz CT molecular complexity index is 303. The first-order valence-electron chi connectivity index (χ1n) is 4.23. The first-order chi connectivity index (χ1) is 6.56. The molecule has 5 heteroatoms. The summed E-state index contributed by atoms with van der Waals surface area (Å²) in [5.74, 6) is -0.0718. The Labute approximate surface area is 99.1 Å². The van der Waals surface area contributed by atoms with Crippen molar-refractivity contribution in [1.82, 2.24) is 0 Å². The van der Waals surface area contributed by atoms with Gasteiger partial charge in [0.1, 0.15) is 3.39 Å². The van der Waals surface area contributed by atoms with Gasteiger partial charge in [-0.1, -0.05) is 13.3 Å². The summed E-state index contributed by atoms with van der Waals surface area (Å²) in [6.07, 6.45) is 2.19. The summed E-state index contributed by atoms with van der Waals surface area (Å²) in [5, 5.41) is 9.60. The Morgan fingerprint density at radius 1 is 1.64 bits per heavy atom. The molecule has 1 rings (SSSR count). The summed E-state index contributed by atoms with van der Waals surface area (Å²) in [6, 6.07) is 0. The van der Waals surface area contributed by atoms with E-state index in [0.29, 0.717) is 21.1 Å². The van der Waals surface area contributed by atoms with E-state index >= 15 is 0 Å². The van der Waals surface area contributed by atoms with Gasteiger partial charge in [-0.15, -0.1) is 0 Å². The van der Waals surface area contributed by atoms with Gasteiger partial charge in [-0.25, -0.2) is 4.79 Å². The van der Waals surface area contributed by atoms with Gasteiger partial charge in [-0.05, 0) is 44.4 Å². The van der Waals surface area contributed by atoms with Crippen molar-refractivity contribution >= 4 is 37.8 Å². The van der Waals surface area contributed by atoms with Crippen LogP contribution in [0, 0.1) is 0 Å². The van der Waals surface area contributed by atoms with E-state index in [4.69, 9.17) is 4.74 Å². The molecule has 0 aromatic carbocycles. The van der Waals surface area contributed by atoms with E-state index in [0.717, 1.165) is 6.42 Å². The van der Waals surface area contributed by atoms with E-state index in [1.54, 1.807) is 6.08 Å². The Hall–Kier alpha value is -0.130. The van der Waals surface area contributed by atoms with Gasteiger partial charge < -0.3 is 9.84 Å². The maximum absolute atomic E-state index is 11.3. The molecule has 0 aliphatic carbocycles. The Kier molecular flexibility index (Phi) is 4.34. The molecule has 1 atom stereocenters. The summed E-state index contributed by atoms with van der Waals surface area (Å²) in [7, 11) is 0. The number of carbonyl (C=O) groups is 1. The van der Waals surface area contributed by atoms with E-state index in [-0.39, 0.29) is 0 Å². The van der Waals surface area contributed by atoms with E-state index in [2.05, 4.69) is 31.9 Å². The molecular weight excluding hydrogens is 316 g/mol. The van der Waals surface area contributed by atoms with Crippen LogP contribution < -0.4 is 0 Å². The SMILES string of the molecule is CCCC(O)C1=CC(=C(Br)Br)OC1=O. The number of carbonyl (C=O) groups excluding carboxylic acids is 1. The van der Waals surface area contributed by atoms with Crippen molar-refractivity contribution in [2.24, 2.45) is 0 Å². The molecule has 1 aliphatic heterocycles. The smallest absolute Gasteiger partial charge is 0.342 e. The van der Waals surface area contributed by atoms with Gasteiger partial charge in [0.05, 0.1) is 11.7 Å². The molecule has 3 nitrogen and oxygen atoms in total. The van der Waals surface area contributed by atoms with Crippen molar-refractivity contribution in [3.63, 3.8) is 0 Å². The number of cyclic esters (lactones) is 1. The molecule has 1 N–H and O–H groups in total. The quantitative estimate of drug-likeness (QED) is 0.811. The maximum atomic E-state index is 11.3. The minimum Gasteiger partial charge on any atom is -0.421 e. The predicted octanol–water partition coefficient (Wildman–Crippen LogP) is 2.59. The Balaban J connectivity index is 2.84. The van der Waals surface area contributed by atoms with Gasteiger partial charge in [0.2, 0.25) is 0 Å². The lowest BCUT2D eigenvalue weighted by Gasteiger charge is -2.06. The highest BCUT2D eigenvalue weighted by atomic mass is 79.9. The van der Waals surface area contributed by atoms with Crippen LogP contribution in [0.4, 0.5) is 0 Å². The number of hydrogen-bond donors (Lipinski definition) is 1. The second kappa shape index (κ2) is 5.09. The lowest BCUT2D eigenvalue weighted by atomic mass is 10.1. The standard InChI is InChI=1S/C9H10Br2O3/c1-2-3-6(12)5-4-7(8(10)11)14-9(5)13/h4,6,12H,2-3H2,1H3. The van der Waals surface area contributed by atoms with Gasteiger partial charge in [-0.3, -0.25) is 0 Å². The molecule has 0 bridgehead atoms.